The van der Waals surface area contributed by atoms with Crippen molar-refractivity contribution in [3.63, 3.8) is 0 Å². The fraction of sp³-hybridized carbons (Fsp3) is 0.768. The highest BCUT2D eigenvalue weighted by atomic mass is 31.2. The molecule has 0 aromatic carbocycles. The second-order valence-electron chi connectivity index (χ2n) is 17.9. The van der Waals surface area contributed by atoms with E-state index in [4.69, 9.17) is 23.6 Å². The summed E-state index contributed by atoms with van der Waals surface area (Å²) in [7, 11) is -4.53. The van der Waals surface area contributed by atoms with Crippen molar-refractivity contribution < 1.29 is 43.0 Å². The van der Waals surface area contributed by atoms with Crippen molar-refractivity contribution in [1.29, 1.82) is 0 Å². The molecular weight excluding hydrogens is 848 g/mol. The Labute approximate surface area is 405 Å². The van der Waals surface area contributed by atoms with E-state index >= 15 is 0 Å². The van der Waals surface area contributed by atoms with Gasteiger partial charge in [0.2, 0.25) is 0 Å². The van der Waals surface area contributed by atoms with E-state index in [0.29, 0.717) is 6.61 Å². The third-order valence-corrected chi connectivity index (χ3v) is 12.3. The van der Waals surface area contributed by atoms with Gasteiger partial charge in [-0.3, -0.25) is 13.8 Å². The summed E-state index contributed by atoms with van der Waals surface area (Å²) >= 11 is 0. The number of ether oxygens (including phenoxy) is 2. The van der Waals surface area contributed by atoms with Crippen molar-refractivity contribution in [2.75, 3.05) is 33.0 Å². The standard InChI is InChI=1S/C56H101O9P/c1-3-5-7-9-11-13-15-17-19-21-23-25-26-27-29-31-33-35-37-39-41-43-45-47-49-62-52-55(53-64-66(60,61)63-51-54(58)50-57)65-56(59)48-46-44-42-40-38-36-34-32-30-28-24-22-20-18-16-14-12-10-8-6-4-2/h6,8,12,14-15,17-18,20-21,23-24,28,54-55,57-58H,3-5,7,9-11,13,16,19,22,25-27,29-53H2,1-2H3,(H,60,61)/b8-6-,14-12-,17-15-,20-18-,23-21-,28-24-. The molecule has 3 atom stereocenters. The summed E-state index contributed by atoms with van der Waals surface area (Å²) in [4.78, 5) is 22.7. The first kappa shape index (κ1) is 63.9. The number of hydrogen-bond acceptors (Lipinski definition) is 8. The van der Waals surface area contributed by atoms with E-state index in [0.717, 1.165) is 83.5 Å². The molecule has 10 heteroatoms. The minimum atomic E-state index is -4.53. The second kappa shape index (κ2) is 52.3. The fourth-order valence-corrected chi connectivity index (χ4v) is 8.11. The minimum absolute atomic E-state index is 0.0426. The quantitative estimate of drug-likeness (QED) is 0.0236. The van der Waals surface area contributed by atoms with Gasteiger partial charge in [-0.1, -0.05) is 215 Å². The number of aliphatic hydroxyl groups is 2. The molecule has 0 heterocycles. The third-order valence-electron chi connectivity index (χ3n) is 11.4. The Morgan fingerprint density at radius 3 is 1.30 bits per heavy atom. The zero-order valence-electron chi connectivity index (χ0n) is 42.4. The molecule has 0 aliphatic heterocycles. The van der Waals surface area contributed by atoms with Crippen LogP contribution >= 0.6 is 7.82 Å². The van der Waals surface area contributed by atoms with Gasteiger partial charge in [-0.25, -0.2) is 4.57 Å². The van der Waals surface area contributed by atoms with Crippen molar-refractivity contribution in [3.05, 3.63) is 72.9 Å². The number of aliphatic hydroxyl groups excluding tert-OH is 2. The fourth-order valence-electron chi connectivity index (χ4n) is 7.32. The summed E-state index contributed by atoms with van der Waals surface area (Å²) < 4.78 is 33.6. The Morgan fingerprint density at radius 2 is 0.864 bits per heavy atom. The maximum absolute atomic E-state index is 12.7. The summed E-state index contributed by atoms with van der Waals surface area (Å²) in [6.45, 7) is 3.40. The molecule has 0 saturated carbocycles. The van der Waals surface area contributed by atoms with Crippen molar-refractivity contribution >= 4 is 13.8 Å². The molecule has 0 saturated heterocycles. The van der Waals surface area contributed by atoms with Gasteiger partial charge in [0.05, 0.1) is 26.4 Å². The van der Waals surface area contributed by atoms with Crippen LogP contribution in [-0.2, 0) is 27.9 Å². The van der Waals surface area contributed by atoms with E-state index < -0.39 is 39.2 Å². The number of carbonyl (C=O) groups excluding carboxylic acids is 1. The molecular formula is C56H101O9P. The monoisotopic (exact) mass is 949 g/mol. The first-order chi connectivity index (χ1) is 32.3. The summed E-state index contributed by atoms with van der Waals surface area (Å²) in [6.07, 6.45) is 64.4. The molecule has 0 aliphatic rings. The van der Waals surface area contributed by atoms with Gasteiger partial charge in [0, 0.05) is 13.0 Å². The van der Waals surface area contributed by atoms with Gasteiger partial charge in [-0.05, 0) is 83.5 Å². The van der Waals surface area contributed by atoms with Crippen molar-refractivity contribution in [3.8, 4) is 0 Å². The summed E-state index contributed by atoms with van der Waals surface area (Å²) in [6, 6.07) is 0. The zero-order chi connectivity index (χ0) is 48.1. The van der Waals surface area contributed by atoms with Crippen LogP contribution in [0.2, 0.25) is 0 Å². The molecule has 0 bridgehead atoms. The van der Waals surface area contributed by atoms with Crippen LogP contribution in [0.1, 0.15) is 232 Å². The molecule has 0 aromatic heterocycles. The van der Waals surface area contributed by atoms with Gasteiger partial charge in [-0.2, -0.15) is 0 Å². The Balaban J connectivity index is 4.07. The Morgan fingerprint density at radius 1 is 0.485 bits per heavy atom. The highest BCUT2D eigenvalue weighted by Gasteiger charge is 2.26. The number of hydrogen-bond donors (Lipinski definition) is 3. The molecule has 0 spiro atoms. The minimum Gasteiger partial charge on any atom is -0.457 e. The van der Waals surface area contributed by atoms with Gasteiger partial charge in [0.1, 0.15) is 12.2 Å². The number of phosphoric acid groups is 1. The largest absolute Gasteiger partial charge is 0.472 e. The molecule has 3 unspecified atom stereocenters. The van der Waals surface area contributed by atoms with Gasteiger partial charge < -0.3 is 24.6 Å². The van der Waals surface area contributed by atoms with Crippen LogP contribution in [0.4, 0.5) is 0 Å². The molecule has 384 valence electrons. The van der Waals surface area contributed by atoms with Gasteiger partial charge in [0.15, 0.2) is 0 Å². The maximum Gasteiger partial charge on any atom is 0.472 e. The Kier molecular flexibility index (Phi) is 50.6. The molecule has 9 nitrogen and oxygen atoms in total. The summed E-state index contributed by atoms with van der Waals surface area (Å²) in [5, 5.41) is 18.4. The summed E-state index contributed by atoms with van der Waals surface area (Å²) in [5.74, 6) is -0.391. The van der Waals surface area contributed by atoms with E-state index in [2.05, 4.69) is 86.8 Å². The van der Waals surface area contributed by atoms with E-state index in [1.807, 2.05) is 0 Å². The van der Waals surface area contributed by atoms with E-state index in [1.54, 1.807) is 0 Å². The number of rotatable bonds is 51. The normalized spacial score (nSPS) is 14.3. The molecule has 66 heavy (non-hydrogen) atoms. The topological polar surface area (TPSA) is 132 Å². The molecule has 0 fully saturated rings. The Hall–Kier alpha value is -2.10. The highest BCUT2D eigenvalue weighted by molar-refractivity contribution is 7.47. The van der Waals surface area contributed by atoms with Crippen LogP contribution in [0.25, 0.3) is 0 Å². The van der Waals surface area contributed by atoms with Crippen LogP contribution in [-0.4, -0.2) is 66.3 Å². The first-order valence-corrected chi connectivity index (χ1v) is 28.4. The van der Waals surface area contributed by atoms with Crippen molar-refractivity contribution in [2.24, 2.45) is 0 Å². The third kappa shape index (κ3) is 51.3. The van der Waals surface area contributed by atoms with Gasteiger partial charge in [0.25, 0.3) is 0 Å². The number of carbonyl (C=O) groups is 1. The summed E-state index contributed by atoms with van der Waals surface area (Å²) in [5.41, 5.74) is 0. The van der Waals surface area contributed by atoms with Crippen molar-refractivity contribution in [1.82, 2.24) is 0 Å². The molecule has 0 amide bonds. The number of esters is 1. The van der Waals surface area contributed by atoms with Gasteiger partial charge >= 0.3 is 13.8 Å². The average molecular weight is 949 g/mol. The first-order valence-electron chi connectivity index (χ1n) is 26.9. The zero-order valence-corrected chi connectivity index (χ0v) is 43.3. The number of allylic oxidation sites excluding steroid dienone is 12. The van der Waals surface area contributed by atoms with Gasteiger partial charge in [-0.15, -0.1) is 0 Å². The lowest BCUT2D eigenvalue weighted by Crippen LogP contribution is -2.29. The molecule has 0 aromatic rings. The van der Waals surface area contributed by atoms with Crippen LogP contribution in [0.5, 0.6) is 0 Å². The van der Waals surface area contributed by atoms with E-state index in [9.17, 15) is 19.4 Å². The number of phosphoric ester groups is 1. The molecule has 0 radical (unpaired) electrons. The maximum atomic E-state index is 12.7. The lowest BCUT2D eigenvalue weighted by Gasteiger charge is -2.20. The van der Waals surface area contributed by atoms with Crippen LogP contribution in [0, 0.1) is 0 Å². The van der Waals surface area contributed by atoms with Crippen LogP contribution < -0.4 is 0 Å². The second-order valence-corrected chi connectivity index (χ2v) is 19.3. The smallest absolute Gasteiger partial charge is 0.457 e. The van der Waals surface area contributed by atoms with Crippen LogP contribution in [0.3, 0.4) is 0 Å². The van der Waals surface area contributed by atoms with E-state index in [-0.39, 0.29) is 19.6 Å². The van der Waals surface area contributed by atoms with Crippen LogP contribution in [0.15, 0.2) is 72.9 Å². The molecule has 3 N–H and O–H groups in total. The van der Waals surface area contributed by atoms with Crippen molar-refractivity contribution in [2.45, 2.75) is 244 Å². The van der Waals surface area contributed by atoms with E-state index in [1.165, 1.54) is 128 Å². The molecule has 0 aliphatic carbocycles. The SMILES string of the molecule is CC/C=C\C/C=C\C/C=C\C/C=C\CCCCCCCCCCC(=O)OC(COCCCCCCCCCCCCCC/C=C\C/C=C\CCCCCCC)COP(=O)(O)OCC(O)CO. The number of unbranched alkanes of at least 4 members (excludes halogenated alkanes) is 25. The molecule has 0 rings (SSSR count). The predicted molar refractivity (Wildman–Crippen MR) is 279 cm³/mol. The Bertz CT molecular complexity index is 1260. The predicted octanol–water partition coefficient (Wildman–Crippen LogP) is 16.0. The lowest BCUT2D eigenvalue weighted by molar-refractivity contribution is -0.154. The lowest BCUT2D eigenvalue weighted by atomic mass is 10.0. The highest BCUT2D eigenvalue weighted by Crippen LogP contribution is 2.43. The average Bonchev–Trinajstić information content (AvgIpc) is 3.31.